The maximum atomic E-state index is 12.7. The molecule has 0 atom stereocenters. The zero-order valence-corrected chi connectivity index (χ0v) is 14.5. The van der Waals surface area contributed by atoms with E-state index in [4.69, 9.17) is 0 Å². The van der Waals surface area contributed by atoms with Crippen LogP contribution in [0.15, 0.2) is 30.3 Å². The monoisotopic (exact) mass is 324 g/mol. The quantitative estimate of drug-likeness (QED) is 0.937. The molecule has 1 aliphatic heterocycles. The second kappa shape index (κ2) is 6.99. The molecule has 0 unspecified atom stereocenters. The van der Waals surface area contributed by atoms with Crippen LogP contribution in [0.3, 0.4) is 0 Å². The molecular formula is C19H24N4O. The lowest BCUT2D eigenvalue weighted by molar-refractivity contribution is -0.117. The number of benzene rings is 1. The predicted molar refractivity (Wildman–Crippen MR) is 96.5 cm³/mol. The highest BCUT2D eigenvalue weighted by Crippen LogP contribution is 2.26. The van der Waals surface area contributed by atoms with Gasteiger partial charge >= 0.3 is 0 Å². The zero-order chi connectivity index (χ0) is 17.1. The van der Waals surface area contributed by atoms with Crippen LogP contribution < -0.4 is 10.2 Å². The summed E-state index contributed by atoms with van der Waals surface area (Å²) in [4.78, 5) is 23.5. The zero-order valence-electron chi connectivity index (χ0n) is 14.5. The predicted octanol–water partition coefficient (Wildman–Crippen LogP) is 3.30. The number of amides is 1. The first-order valence-corrected chi connectivity index (χ1v) is 8.52. The molecule has 1 aliphatic rings. The summed E-state index contributed by atoms with van der Waals surface area (Å²) in [6.45, 7) is 7.09. The fourth-order valence-electron chi connectivity index (χ4n) is 2.99. The molecule has 0 fully saturated rings. The molecule has 24 heavy (non-hydrogen) atoms. The van der Waals surface area contributed by atoms with Gasteiger partial charge in [0.25, 0.3) is 0 Å². The van der Waals surface area contributed by atoms with Crippen LogP contribution in [0.25, 0.3) is 0 Å². The number of carbonyl (C=O) groups excluding carboxylic acids is 1. The number of fused-ring (bicyclic) bond motifs is 1. The van der Waals surface area contributed by atoms with E-state index in [0.29, 0.717) is 5.82 Å². The topological polar surface area (TPSA) is 58.1 Å². The number of hydrogen-bond acceptors (Lipinski definition) is 4. The minimum Gasteiger partial charge on any atom is -0.361 e. The van der Waals surface area contributed by atoms with E-state index >= 15 is 0 Å². The first-order chi connectivity index (χ1) is 11.5. The molecule has 0 radical (unpaired) electrons. The molecule has 0 spiro atoms. The van der Waals surface area contributed by atoms with E-state index in [9.17, 15) is 4.79 Å². The summed E-state index contributed by atoms with van der Waals surface area (Å²) in [6, 6.07) is 10.0. The van der Waals surface area contributed by atoms with Crippen LogP contribution in [-0.2, 0) is 11.2 Å². The molecule has 1 N–H and O–H groups in total. The molecule has 1 aromatic heterocycles. The number of aromatic nitrogens is 2. The van der Waals surface area contributed by atoms with Gasteiger partial charge in [-0.25, -0.2) is 9.97 Å². The van der Waals surface area contributed by atoms with Crippen LogP contribution in [0, 0.1) is 6.92 Å². The van der Waals surface area contributed by atoms with Crippen molar-refractivity contribution < 1.29 is 4.79 Å². The number of para-hydroxylation sites is 1. The number of anilines is 2. The van der Waals surface area contributed by atoms with Crippen molar-refractivity contribution in [1.29, 1.82) is 0 Å². The average molecular weight is 324 g/mol. The molecule has 2 heterocycles. The van der Waals surface area contributed by atoms with Gasteiger partial charge in [-0.1, -0.05) is 32.0 Å². The molecule has 0 aliphatic carbocycles. The molecule has 1 aromatic carbocycles. The van der Waals surface area contributed by atoms with Crippen molar-refractivity contribution in [2.24, 2.45) is 0 Å². The molecule has 0 bridgehead atoms. The van der Waals surface area contributed by atoms with E-state index in [0.717, 1.165) is 36.6 Å². The van der Waals surface area contributed by atoms with Crippen LogP contribution in [0.1, 0.15) is 43.3 Å². The largest absolute Gasteiger partial charge is 0.361 e. The van der Waals surface area contributed by atoms with Crippen molar-refractivity contribution >= 4 is 17.4 Å². The Balaban J connectivity index is 1.71. The first-order valence-electron chi connectivity index (χ1n) is 8.52. The summed E-state index contributed by atoms with van der Waals surface area (Å²) in [5, 5.41) is 3.17. The highest BCUT2D eigenvalue weighted by Gasteiger charge is 2.21. The summed E-state index contributed by atoms with van der Waals surface area (Å²) in [7, 11) is 0. The SMILES string of the molecule is Cc1cc(NCC(=O)N2CCCc3ccccc32)nc(C(C)C)n1. The minimum atomic E-state index is 0.0736. The lowest BCUT2D eigenvalue weighted by Crippen LogP contribution is -2.39. The van der Waals surface area contributed by atoms with Crippen molar-refractivity contribution in [2.75, 3.05) is 23.3 Å². The maximum Gasteiger partial charge on any atom is 0.246 e. The molecule has 1 amide bonds. The van der Waals surface area contributed by atoms with Gasteiger partial charge in [-0.05, 0) is 31.4 Å². The van der Waals surface area contributed by atoms with Crippen molar-refractivity contribution in [2.45, 2.75) is 39.5 Å². The lowest BCUT2D eigenvalue weighted by Gasteiger charge is -2.29. The van der Waals surface area contributed by atoms with Gasteiger partial charge in [0, 0.05) is 29.9 Å². The normalized spacial score (nSPS) is 13.8. The van der Waals surface area contributed by atoms with Crippen LogP contribution in [0.5, 0.6) is 0 Å². The highest BCUT2D eigenvalue weighted by atomic mass is 16.2. The number of hydrogen-bond donors (Lipinski definition) is 1. The van der Waals surface area contributed by atoms with Crippen LogP contribution in [-0.4, -0.2) is 29.0 Å². The molecule has 0 saturated heterocycles. The Morgan fingerprint density at radius 2 is 2.08 bits per heavy atom. The van der Waals surface area contributed by atoms with Crippen LogP contribution in [0.2, 0.25) is 0 Å². The molecular weight excluding hydrogens is 300 g/mol. The fourth-order valence-corrected chi connectivity index (χ4v) is 2.99. The van der Waals surface area contributed by atoms with Gasteiger partial charge in [0.1, 0.15) is 11.6 Å². The Morgan fingerprint density at radius 1 is 1.29 bits per heavy atom. The Labute approximate surface area is 143 Å². The number of rotatable bonds is 4. The van der Waals surface area contributed by atoms with Crippen molar-refractivity contribution in [3.05, 3.63) is 47.4 Å². The first kappa shape index (κ1) is 16.4. The van der Waals surface area contributed by atoms with E-state index in [1.165, 1.54) is 5.56 Å². The Kier molecular flexibility index (Phi) is 4.79. The fraction of sp³-hybridized carbons (Fsp3) is 0.421. The molecule has 0 saturated carbocycles. The number of nitrogens with one attached hydrogen (secondary N) is 1. The summed E-state index contributed by atoms with van der Waals surface area (Å²) < 4.78 is 0. The van der Waals surface area contributed by atoms with Gasteiger partial charge in [0.2, 0.25) is 5.91 Å². The van der Waals surface area contributed by atoms with Gasteiger partial charge in [-0.15, -0.1) is 0 Å². The molecule has 126 valence electrons. The van der Waals surface area contributed by atoms with Gasteiger partial charge in [-0.2, -0.15) is 0 Å². The van der Waals surface area contributed by atoms with E-state index in [1.54, 1.807) is 0 Å². The number of aryl methyl sites for hydroxylation is 2. The van der Waals surface area contributed by atoms with E-state index in [-0.39, 0.29) is 18.4 Å². The van der Waals surface area contributed by atoms with Gasteiger partial charge < -0.3 is 10.2 Å². The van der Waals surface area contributed by atoms with Crippen molar-refractivity contribution in [3.63, 3.8) is 0 Å². The maximum absolute atomic E-state index is 12.7. The standard InChI is InChI=1S/C19H24N4O/c1-13(2)19-21-14(3)11-17(22-19)20-12-18(24)23-10-6-8-15-7-4-5-9-16(15)23/h4-5,7,9,11,13H,6,8,10,12H2,1-3H3,(H,20,21,22). The minimum absolute atomic E-state index is 0.0736. The Bertz CT molecular complexity index is 742. The third kappa shape index (κ3) is 3.55. The number of carbonyl (C=O) groups is 1. The molecule has 5 heteroatoms. The summed E-state index contributed by atoms with van der Waals surface area (Å²) >= 11 is 0. The van der Waals surface area contributed by atoms with Gasteiger partial charge in [0.15, 0.2) is 0 Å². The molecule has 2 aromatic rings. The Hall–Kier alpha value is -2.43. The van der Waals surface area contributed by atoms with Crippen LogP contribution in [0.4, 0.5) is 11.5 Å². The summed E-state index contributed by atoms with van der Waals surface area (Å²) in [5.74, 6) is 1.85. The van der Waals surface area contributed by atoms with Gasteiger partial charge in [0.05, 0.1) is 6.54 Å². The molecule has 3 rings (SSSR count). The van der Waals surface area contributed by atoms with Crippen molar-refractivity contribution in [3.8, 4) is 0 Å². The summed E-state index contributed by atoms with van der Waals surface area (Å²) in [5.41, 5.74) is 3.20. The second-order valence-electron chi connectivity index (χ2n) is 6.54. The highest BCUT2D eigenvalue weighted by molar-refractivity contribution is 5.97. The van der Waals surface area contributed by atoms with E-state index in [1.807, 2.05) is 36.1 Å². The second-order valence-corrected chi connectivity index (χ2v) is 6.54. The molecule has 5 nitrogen and oxygen atoms in total. The van der Waals surface area contributed by atoms with Crippen LogP contribution >= 0.6 is 0 Å². The number of nitrogens with zero attached hydrogens (tertiary/aromatic N) is 3. The third-order valence-electron chi connectivity index (χ3n) is 4.22. The van der Waals surface area contributed by atoms with E-state index < -0.39 is 0 Å². The van der Waals surface area contributed by atoms with Crippen molar-refractivity contribution in [1.82, 2.24) is 9.97 Å². The van der Waals surface area contributed by atoms with E-state index in [2.05, 4.69) is 35.2 Å². The smallest absolute Gasteiger partial charge is 0.246 e. The average Bonchev–Trinajstić information content (AvgIpc) is 2.58. The summed E-state index contributed by atoms with van der Waals surface area (Å²) in [6.07, 6.45) is 2.04. The Morgan fingerprint density at radius 3 is 2.88 bits per heavy atom. The van der Waals surface area contributed by atoms with Gasteiger partial charge in [-0.3, -0.25) is 4.79 Å². The third-order valence-corrected chi connectivity index (χ3v) is 4.22. The lowest BCUT2D eigenvalue weighted by atomic mass is 10.0.